The Balaban J connectivity index is 1.59. The minimum absolute atomic E-state index is 0.375. The predicted octanol–water partition coefficient (Wildman–Crippen LogP) is 2.45. The number of benzene rings is 1. The van der Waals surface area contributed by atoms with Gasteiger partial charge in [-0.25, -0.2) is 0 Å². The zero-order valence-electron chi connectivity index (χ0n) is 10.9. The molecule has 3 rings (SSSR count). The average Bonchev–Trinajstić information content (AvgIpc) is 3.05. The molecule has 0 aromatic heterocycles. The van der Waals surface area contributed by atoms with Crippen LogP contribution in [0.3, 0.4) is 0 Å². The van der Waals surface area contributed by atoms with Gasteiger partial charge in [0.15, 0.2) is 0 Å². The van der Waals surface area contributed by atoms with Gasteiger partial charge in [0, 0.05) is 25.6 Å². The molecule has 98 valence electrons. The van der Waals surface area contributed by atoms with Crippen molar-refractivity contribution in [2.24, 2.45) is 0 Å². The molecule has 0 saturated carbocycles. The summed E-state index contributed by atoms with van der Waals surface area (Å²) in [5, 5.41) is 3.57. The van der Waals surface area contributed by atoms with Crippen LogP contribution in [-0.4, -0.2) is 25.9 Å². The van der Waals surface area contributed by atoms with Crippen molar-refractivity contribution in [3.05, 3.63) is 29.3 Å². The molecule has 3 nitrogen and oxygen atoms in total. The molecule has 0 bridgehead atoms. The van der Waals surface area contributed by atoms with Crippen LogP contribution in [0.4, 0.5) is 0 Å². The van der Waals surface area contributed by atoms with E-state index >= 15 is 0 Å². The highest BCUT2D eigenvalue weighted by molar-refractivity contribution is 5.40. The van der Waals surface area contributed by atoms with Crippen LogP contribution < -0.4 is 10.1 Å². The zero-order valence-corrected chi connectivity index (χ0v) is 10.9. The van der Waals surface area contributed by atoms with E-state index in [0.717, 1.165) is 31.9 Å². The average molecular weight is 247 g/mol. The van der Waals surface area contributed by atoms with Crippen LogP contribution >= 0.6 is 0 Å². The van der Waals surface area contributed by atoms with E-state index in [1.165, 1.54) is 24.0 Å². The smallest absolute Gasteiger partial charge is 0.122 e. The monoisotopic (exact) mass is 247 g/mol. The first-order valence-corrected chi connectivity index (χ1v) is 6.93. The summed E-state index contributed by atoms with van der Waals surface area (Å²) in [5.41, 5.74) is 2.69. The van der Waals surface area contributed by atoms with Gasteiger partial charge in [0.25, 0.3) is 0 Å². The molecule has 1 saturated heterocycles. The predicted molar refractivity (Wildman–Crippen MR) is 71.0 cm³/mol. The van der Waals surface area contributed by atoms with Gasteiger partial charge in [0.1, 0.15) is 5.75 Å². The molecule has 3 heteroatoms. The van der Waals surface area contributed by atoms with Gasteiger partial charge in [-0.2, -0.15) is 0 Å². The van der Waals surface area contributed by atoms with Crippen molar-refractivity contribution in [3.63, 3.8) is 0 Å². The maximum atomic E-state index is 5.63. The van der Waals surface area contributed by atoms with Crippen molar-refractivity contribution >= 4 is 0 Å². The van der Waals surface area contributed by atoms with Gasteiger partial charge in [0.2, 0.25) is 0 Å². The van der Waals surface area contributed by atoms with Crippen molar-refractivity contribution < 1.29 is 9.47 Å². The Morgan fingerprint density at radius 2 is 2.33 bits per heavy atom. The van der Waals surface area contributed by atoms with Gasteiger partial charge in [-0.3, -0.25) is 0 Å². The molecule has 1 N–H and O–H groups in total. The van der Waals surface area contributed by atoms with Crippen LogP contribution in [0, 0.1) is 0 Å². The summed E-state index contributed by atoms with van der Waals surface area (Å²) < 4.78 is 11.2. The van der Waals surface area contributed by atoms with Gasteiger partial charge in [-0.1, -0.05) is 12.1 Å². The van der Waals surface area contributed by atoms with Crippen LogP contribution in [0.1, 0.15) is 36.9 Å². The van der Waals surface area contributed by atoms with Crippen molar-refractivity contribution in [2.75, 3.05) is 19.8 Å². The molecule has 2 aliphatic rings. The Morgan fingerprint density at radius 1 is 1.39 bits per heavy atom. The van der Waals surface area contributed by atoms with Gasteiger partial charge in [-0.05, 0) is 37.0 Å². The minimum Gasteiger partial charge on any atom is -0.493 e. The molecular weight excluding hydrogens is 226 g/mol. The van der Waals surface area contributed by atoms with Crippen LogP contribution in [0.5, 0.6) is 5.75 Å². The van der Waals surface area contributed by atoms with Crippen LogP contribution in [0.15, 0.2) is 18.2 Å². The fourth-order valence-corrected chi connectivity index (χ4v) is 2.71. The summed E-state index contributed by atoms with van der Waals surface area (Å²) >= 11 is 0. The molecule has 0 spiro atoms. The SMILES string of the molecule is CC(NCC1CCCO1)c1ccc2c(c1)CCO2. The lowest BCUT2D eigenvalue weighted by molar-refractivity contribution is 0.108. The number of hydrogen-bond donors (Lipinski definition) is 1. The summed E-state index contributed by atoms with van der Waals surface area (Å²) in [7, 11) is 0. The van der Waals surface area contributed by atoms with E-state index in [-0.39, 0.29) is 0 Å². The Hall–Kier alpha value is -1.06. The lowest BCUT2D eigenvalue weighted by Crippen LogP contribution is -2.28. The van der Waals surface area contributed by atoms with E-state index in [1.54, 1.807) is 0 Å². The lowest BCUT2D eigenvalue weighted by Gasteiger charge is -2.18. The fraction of sp³-hybridized carbons (Fsp3) is 0.600. The second kappa shape index (κ2) is 5.29. The largest absolute Gasteiger partial charge is 0.493 e. The van der Waals surface area contributed by atoms with E-state index in [1.807, 2.05) is 0 Å². The molecular formula is C15H21NO2. The third-order valence-electron chi connectivity index (χ3n) is 3.89. The standard InChI is InChI=1S/C15H21NO2/c1-11(16-10-14-3-2-7-17-14)12-4-5-15-13(9-12)6-8-18-15/h4-5,9,11,14,16H,2-3,6-8,10H2,1H3. The van der Waals surface area contributed by atoms with E-state index < -0.39 is 0 Å². The lowest BCUT2D eigenvalue weighted by atomic mass is 10.0. The van der Waals surface area contributed by atoms with Crippen molar-refractivity contribution in [3.8, 4) is 5.75 Å². The second-order valence-corrected chi connectivity index (χ2v) is 5.23. The molecule has 1 aromatic rings. The third-order valence-corrected chi connectivity index (χ3v) is 3.89. The molecule has 2 atom stereocenters. The maximum Gasteiger partial charge on any atom is 0.122 e. The first-order valence-electron chi connectivity index (χ1n) is 6.93. The Labute approximate surface area is 108 Å². The number of ether oxygens (including phenoxy) is 2. The van der Waals surface area contributed by atoms with Gasteiger partial charge < -0.3 is 14.8 Å². The summed E-state index contributed by atoms with van der Waals surface area (Å²) in [6.45, 7) is 4.93. The third kappa shape index (κ3) is 2.52. The summed E-state index contributed by atoms with van der Waals surface area (Å²) in [6, 6.07) is 6.91. The van der Waals surface area contributed by atoms with Gasteiger partial charge in [0.05, 0.1) is 12.7 Å². The zero-order chi connectivity index (χ0) is 12.4. The topological polar surface area (TPSA) is 30.5 Å². The Bertz CT molecular complexity index is 413. The molecule has 0 aliphatic carbocycles. The van der Waals surface area contributed by atoms with Crippen LogP contribution in [0.25, 0.3) is 0 Å². The summed E-state index contributed by atoms with van der Waals surface area (Å²) in [5.74, 6) is 1.06. The fourth-order valence-electron chi connectivity index (χ4n) is 2.71. The van der Waals surface area contributed by atoms with E-state index in [0.29, 0.717) is 12.1 Å². The number of nitrogens with one attached hydrogen (secondary N) is 1. The van der Waals surface area contributed by atoms with E-state index in [4.69, 9.17) is 9.47 Å². The first-order chi connectivity index (χ1) is 8.83. The second-order valence-electron chi connectivity index (χ2n) is 5.23. The molecule has 0 amide bonds. The van der Waals surface area contributed by atoms with Gasteiger partial charge >= 0.3 is 0 Å². The van der Waals surface area contributed by atoms with Gasteiger partial charge in [-0.15, -0.1) is 0 Å². The normalized spacial score (nSPS) is 23.7. The highest BCUT2D eigenvalue weighted by atomic mass is 16.5. The molecule has 2 aliphatic heterocycles. The molecule has 1 aromatic carbocycles. The molecule has 2 heterocycles. The van der Waals surface area contributed by atoms with Crippen LogP contribution in [-0.2, 0) is 11.2 Å². The maximum absolute atomic E-state index is 5.63. The summed E-state index contributed by atoms with van der Waals surface area (Å²) in [4.78, 5) is 0. The summed E-state index contributed by atoms with van der Waals surface area (Å²) in [6.07, 6.45) is 3.85. The van der Waals surface area contributed by atoms with Crippen LogP contribution in [0.2, 0.25) is 0 Å². The van der Waals surface area contributed by atoms with E-state index in [9.17, 15) is 0 Å². The van der Waals surface area contributed by atoms with Crippen molar-refractivity contribution in [1.82, 2.24) is 5.32 Å². The Kier molecular flexibility index (Phi) is 3.52. The number of hydrogen-bond acceptors (Lipinski definition) is 3. The Morgan fingerprint density at radius 3 is 3.17 bits per heavy atom. The number of fused-ring (bicyclic) bond motifs is 1. The molecule has 2 unspecified atom stereocenters. The molecule has 0 radical (unpaired) electrons. The number of rotatable bonds is 4. The van der Waals surface area contributed by atoms with Crippen molar-refractivity contribution in [2.45, 2.75) is 38.3 Å². The first kappa shape index (κ1) is 12.0. The quantitative estimate of drug-likeness (QED) is 0.886. The molecule has 1 fully saturated rings. The highest BCUT2D eigenvalue weighted by Gasteiger charge is 2.18. The highest BCUT2D eigenvalue weighted by Crippen LogP contribution is 2.28. The minimum atomic E-state index is 0.375. The van der Waals surface area contributed by atoms with E-state index in [2.05, 4.69) is 30.4 Å². The van der Waals surface area contributed by atoms with Crippen molar-refractivity contribution in [1.29, 1.82) is 0 Å². The molecule has 18 heavy (non-hydrogen) atoms.